The van der Waals surface area contributed by atoms with Gasteiger partial charge in [0.05, 0.1) is 0 Å². The van der Waals surface area contributed by atoms with E-state index in [4.69, 9.17) is 4.74 Å². The highest BCUT2D eigenvalue weighted by molar-refractivity contribution is 5.68. The molecule has 2 N–H and O–H groups in total. The highest BCUT2D eigenvalue weighted by Gasteiger charge is 2.26. The fraction of sp³-hybridized carbons (Fsp3) is 0.562. The van der Waals surface area contributed by atoms with Gasteiger partial charge in [-0.05, 0) is 44.9 Å². The van der Waals surface area contributed by atoms with Crippen LogP contribution in [0.5, 0.6) is 5.75 Å². The number of likely N-dealkylation sites (tertiary alicyclic amines) is 1. The standard InChI is InChI=1S/C16H24N2O3/c1-16(2,3)21-15(20)17-13-7-8-18(11-13)10-12-5-4-6-14(19)9-12/h4-6,9,13,19H,7-8,10-11H2,1-3H3,(H,17,20)/t13-/m0/s1. The van der Waals surface area contributed by atoms with Crippen LogP contribution in [0.4, 0.5) is 4.79 Å². The first-order valence-electron chi connectivity index (χ1n) is 7.31. The third-order valence-electron chi connectivity index (χ3n) is 3.31. The molecule has 0 aliphatic carbocycles. The van der Waals surface area contributed by atoms with Gasteiger partial charge in [0, 0.05) is 25.7 Å². The molecule has 1 fully saturated rings. The second-order valence-electron chi connectivity index (χ2n) is 6.54. The first-order valence-corrected chi connectivity index (χ1v) is 7.31. The quantitative estimate of drug-likeness (QED) is 0.898. The van der Waals surface area contributed by atoms with Gasteiger partial charge in [0.2, 0.25) is 0 Å². The Morgan fingerprint density at radius 2 is 2.24 bits per heavy atom. The highest BCUT2D eigenvalue weighted by Crippen LogP contribution is 2.17. The van der Waals surface area contributed by atoms with Crippen molar-refractivity contribution in [2.24, 2.45) is 0 Å². The van der Waals surface area contributed by atoms with Crippen molar-refractivity contribution in [1.82, 2.24) is 10.2 Å². The van der Waals surface area contributed by atoms with Gasteiger partial charge in [-0.2, -0.15) is 0 Å². The van der Waals surface area contributed by atoms with Gasteiger partial charge in [-0.15, -0.1) is 0 Å². The topological polar surface area (TPSA) is 61.8 Å². The average molecular weight is 292 g/mol. The van der Waals surface area contributed by atoms with Crippen LogP contribution in [0.3, 0.4) is 0 Å². The van der Waals surface area contributed by atoms with Crippen LogP contribution in [-0.2, 0) is 11.3 Å². The molecule has 5 heteroatoms. The van der Waals surface area contributed by atoms with E-state index in [1.54, 1.807) is 12.1 Å². The molecule has 1 amide bonds. The maximum Gasteiger partial charge on any atom is 0.407 e. The smallest absolute Gasteiger partial charge is 0.407 e. The van der Waals surface area contributed by atoms with Crippen LogP contribution in [0.15, 0.2) is 24.3 Å². The van der Waals surface area contributed by atoms with Crippen molar-refractivity contribution in [1.29, 1.82) is 0 Å². The van der Waals surface area contributed by atoms with E-state index < -0.39 is 5.60 Å². The van der Waals surface area contributed by atoms with Gasteiger partial charge in [0.15, 0.2) is 0 Å². The van der Waals surface area contributed by atoms with Crippen molar-refractivity contribution < 1.29 is 14.6 Å². The number of hydrogen-bond donors (Lipinski definition) is 2. The van der Waals surface area contributed by atoms with Crippen molar-refractivity contribution in [3.8, 4) is 5.75 Å². The molecule has 0 saturated carbocycles. The molecular formula is C16H24N2O3. The Balaban J connectivity index is 1.80. The lowest BCUT2D eigenvalue weighted by Crippen LogP contribution is -2.40. The molecule has 0 bridgehead atoms. The Labute approximate surface area is 125 Å². The second kappa shape index (κ2) is 6.35. The molecule has 0 spiro atoms. The molecule has 1 saturated heterocycles. The molecule has 0 unspecified atom stereocenters. The summed E-state index contributed by atoms with van der Waals surface area (Å²) in [5.41, 5.74) is 0.608. The van der Waals surface area contributed by atoms with E-state index >= 15 is 0 Å². The van der Waals surface area contributed by atoms with E-state index in [1.165, 1.54) is 0 Å². The summed E-state index contributed by atoms with van der Waals surface area (Å²) in [5, 5.41) is 12.4. The number of nitrogens with one attached hydrogen (secondary N) is 1. The monoisotopic (exact) mass is 292 g/mol. The summed E-state index contributed by atoms with van der Waals surface area (Å²) in [6.45, 7) is 8.08. The van der Waals surface area contributed by atoms with Crippen LogP contribution in [0, 0.1) is 0 Å². The summed E-state index contributed by atoms with van der Waals surface area (Å²) in [4.78, 5) is 14.0. The lowest BCUT2D eigenvalue weighted by Gasteiger charge is -2.22. The number of amides is 1. The second-order valence-corrected chi connectivity index (χ2v) is 6.54. The number of alkyl carbamates (subject to hydrolysis) is 1. The molecule has 1 aliphatic heterocycles. The zero-order chi connectivity index (χ0) is 15.5. The molecule has 116 valence electrons. The summed E-state index contributed by atoms with van der Waals surface area (Å²) in [6, 6.07) is 7.40. The zero-order valence-corrected chi connectivity index (χ0v) is 12.9. The Morgan fingerprint density at radius 1 is 1.48 bits per heavy atom. The molecule has 1 aliphatic rings. The first-order chi connectivity index (χ1) is 9.82. The van der Waals surface area contributed by atoms with E-state index in [-0.39, 0.29) is 17.9 Å². The van der Waals surface area contributed by atoms with Crippen LogP contribution in [-0.4, -0.2) is 40.8 Å². The maximum absolute atomic E-state index is 11.7. The predicted octanol–water partition coefficient (Wildman–Crippen LogP) is 2.49. The van der Waals surface area contributed by atoms with E-state index in [9.17, 15) is 9.90 Å². The van der Waals surface area contributed by atoms with E-state index in [0.29, 0.717) is 0 Å². The molecule has 1 heterocycles. The molecule has 0 radical (unpaired) electrons. The fourth-order valence-electron chi connectivity index (χ4n) is 2.48. The average Bonchev–Trinajstić information content (AvgIpc) is 2.73. The number of carbonyl (C=O) groups is 1. The normalized spacial score (nSPS) is 19.5. The van der Waals surface area contributed by atoms with Crippen molar-refractivity contribution in [2.45, 2.75) is 45.4 Å². The number of benzene rings is 1. The third-order valence-corrected chi connectivity index (χ3v) is 3.31. The lowest BCUT2D eigenvalue weighted by atomic mass is 10.2. The number of ether oxygens (including phenoxy) is 1. The van der Waals surface area contributed by atoms with Crippen molar-refractivity contribution in [3.63, 3.8) is 0 Å². The minimum Gasteiger partial charge on any atom is -0.508 e. The minimum absolute atomic E-state index is 0.122. The van der Waals surface area contributed by atoms with E-state index in [2.05, 4.69) is 10.2 Å². The van der Waals surface area contributed by atoms with Crippen molar-refractivity contribution >= 4 is 6.09 Å². The van der Waals surface area contributed by atoms with Crippen LogP contribution >= 0.6 is 0 Å². The molecule has 0 aromatic heterocycles. The molecular weight excluding hydrogens is 268 g/mol. The number of aromatic hydroxyl groups is 1. The van der Waals surface area contributed by atoms with Crippen LogP contribution in [0.1, 0.15) is 32.8 Å². The van der Waals surface area contributed by atoms with Gasteiger partial charge < -0.3 is 15.2 Å². The third kappa shape index (κ3) is 5.27. The molecule has 1 aromatic rings. The molecule has 1 atom stereocenters. The van der Waals surface area contributed by atoms with Crippen LogP contribution in [0.2, 0.25) is 0 Å². The SMILES string of the molecule is CC(C)(C)OC(=O)N[C@H]1CCN(Cc2cccc(O)c2)C1. The van der Waals surface area contributed by atoms with Gasteiger partial charge in [-0.3, -0.25) is 4.90 Å². The Kier molecular flexibility index (Phi) is 4.73. The molecule has 2 rings (SSSR count). The van der Waals surface area contributed by atoms with Crippen molar-refractivity contribution in [3.05, 3.63) is 29.8 Å². The largest absolute Gasteiger partial charge is 0.508 e. The van der Waals surface area contributed by atoms with Gasteiger partial charge >= 0.3 is 6.09 Å². The highest BCUT2D eigenvalue weighted by atomic mass is 16.6. The zero-order valence-electron chi connectivity index (χ0n) is 12.9. The van der Waals surface area contributed by atoms with Crippen LogP contribution in [0.25, 0.3) is 0 Å². The maximum atomic E-state index is 11.7. The first kappa shape index (κ1) is 15.6. The van der Waals surface area contributed by atoms with Crippen LogP contribution < -0.4 is 5.32 Å². The van der Waals surface area contributed by atoms with Crippen molar-refractivity contribution in [2.75, 3.05) is 13.1 Å². The predicted molar refractivity (Wildman–Crippen MR) is 81.2 cm³/mol. The number of hydrogen-bond acceptors (Lipinski definition) is 4. The fourth-order valence-corrected chi connectivity index (χ4v) is 2.48. The number of phenols is 1. The Morgan fingerprint density at radius 3 is 2.90 bits per heavy atom. The summed E-state index contributed by atoms with van der Waals surface area (Å²) in [6.07, 6.45) is 0.560. The lowest BCUT2D eigenvalue weighted by molar-refractivity contribution is 0.0506. The van der Waals surface area contributed by atoms with Gasteiger partial charge in [-0.1, -0.05) is 12.1 Å². The number of phenolic OH excluding ortho intramolecular Hbond substituents is 1. The van der Waals surface area contributed by atoms with E-state index in [0.717, 1.165) is 31.6 Å². The van der Waals surface area contributed by atoms with Gasteiger partial charge in [0.1, 0.15) is 11.4 Å². The minimum atomic E-state index is -0.468. The number of rotatable bonds is 3. The summed E-state index contributed by atoms with van der Waals surface area (Å²) >= 11 is 0. The number of nitrogens with zero attached hydrogens (tertiary/aromatic N) is 1. The number of carbonyl (C=O) groups excluding carboxylic acids is 1. The summed E-state index contributed by atoms with van der Waals surface area (Å²) in [5.74, 6) is 0.287. The molecule has 1 aromatic carbocycles. The molecule has 5 nitrogen and oxygen atoms in total. The Hall–Kier alpha value is -1.75. The van der Waals surface area contributed by atoms with Gasteiger partial charge in [-0.25, -0.2) is 4.79 Å². The summed E-state index contributed by atoms with van der Waals surface area (Å²) in [7, 11) is 0. The molecule has 21 heavy (non-hydrogen) atoms. The van der Waals surface area contributed by atoms with Gasteiger partial charge in [0.25, 0.3) is 0 Å². The Bertz CT molecular complexity index is 497. The van der Waals surface area contributed by atoms with E-state index in [1.807, 2.05) is 32.9 Å². The summed E-state index contributed by atoms with van der Waals surface area (Å²) < 4.78 is 5.27.